The van der Waals surface area contributed by atoms with Crippen molar-refractivity contribution in [3.05, 3.63) is 46.0 Å². The van der Waals surface area contributed by atoms with Crippen LogP contribution in [0.5, 0.6) is 0 Å². The molecule has 0 aliphatic carbocycles. The molecule has 0 aliphatic heterocycles. The molecule has 0 saturated carbocycles. The van der Waals surface area contributed by atoms with Crippen molar-refractivity contribution >= 4 is 22.2 Å². The fraction of sp³-hybridized carbons (Fsp3) is 0.286. The molecule has 0 amide bonds. The molecule has 2 aromatic rings. The third-order valence-corrected chi connectivity index (χ3v) is 3.79. The van der Waals surface area contributed by atoms with Crippen LogP contribution in [0.15, 0.2) is 29.4 Å². The fourth-order valence-electron chi connectivity index (χ4n) is 1.51. The summed E-state index contributed by atoms with van der Waals surface area (Å²) in [5.74, 6) is 0. The maximum Gasteiger partial charge on any atom is 0.203 e. The summed E-state index contributed by atoms with van der Waals surface area (Å²) in [4.78, 5) is 5.61. The number of aryl methyl sites for hydroxylation is 3. The molecule has 1 heterocycles. The summed E-state index contributed by atoms with van der Waals surface area (Å²) < 4.78 is 0. The van der Waals surface area contributed by atoms with Gasteiger partial charge in [0.25, 0.3) is 0 Å². The van der Waals surface area contributed by atoms with Gasteiger partial charge in [-0.3, -0.25) is 5.43 Å². The maximum absolute atomic E-state index is 4.39. The molecule has 1 aromatic carbocycles. The second-order valence-corrected chi connectivity index (χ2v) is 5.54. The molecule has 0 atom stereocenters. The normalized spacial score (nSPS) is 11.7. The molecule has 3 nitrogen and oxygen atoms in total. The first kappa shape index (κ1) is 12.8. The molecular weight excluding hydrogens is 242 g/mol. The molecule has 0 aliphatic rings. The Balaban J connectivity index is 2.11. The summed E-state index contributed by atoms with van der Waals surface area (Å²) in [6, 6.07) is 8.33. The van der Waals surface area contributed by atoms with Crippen LogP contribution in [0.2, 0.25) is 0 Å². The molecule has 0 spiro atoms. The monoisotopic (exact) mass is 259 g/mol. The maximum atomic E-state index is 4.39. The molecule has 1 aromatic heterocycles. The van der Waals surface area contributed by atoms with Crippen LogP contribution in [0.1, 0.15) is 28.6 Å². The standard InChI is InChI=1S/C14H17N3S/c1-9-5-7-13(8-6-9)11(3)16-17-14-15-10(2)12(4)18-14/h5-8H,1-4H3,(H,15,17)/b16-11+. The molecule has 94 valence electrons. The molecule has 0 saturated heterocycles. The number of hydrogen-bond donors (Lipinski definition) is 1. The highest BCUT2D eigenvalue weighted by molar-refractivity contribution is 7.15. The van der Waals surface area contributed by atoms with Crippen LogP contribution in [-0.2, 0) is 0 Å². The Kier molecular flexibility index (Phi) is 3.77. The lowest BCUT2D eigenvalue weighted by atomic mass is 10.1. The first-order chi connectivity index (χ1) is 8.56. The quantitative estimate of drug-likeness (QED) is 0.670. The van der Waals surface area contributed by atoms with Gasteiger partial charge in [0, 0.05) is 4.88 Å². The van der Waals surface area contributed by atoms with Crippen molar-refractivity contribution in [2.45, 2.75) is 27.7 Å². The van der Waals surface area contributed by atoms with E-state index in [9.17, 15) is 0 Å². The Hall–Kier alpha value is -1.68. The van der Waals surface area contributed by atoms with E-state index in [0.717, 1.165) is 22.1 Å². The van der Waals surface area contributed by atoms with E-state index in [1.807, 2.05) is 13.8 Å². The number of nitrogens with one attached hydrogen (secondary N) is 1. The van der Waals surface area contributed by atoms with Crippen molar-refractivity contribution < 1.29 is 0 Å². The lowest BCUT2D eigenvalue weighted by Crippen LogP contribution is -1.99. The third-order valence-electron chi connectivity index (χ3n) is 2.82. The number of hydrazone groups is 1. The van der Waals surface area contributed by atoms with Crippen molar-refractivity contribution in [2.75, 3.05) is 5.43 Å². The van der Waals surface area contributed by atoms with E-state index in [1.165, 1.54) is 10.4 Å². The second-order valence-electron chi connectivity index (χ2n) is 4.34. The van der Waals surface area contributed by atoms with E-state index in [4.69, 9.17) is 0 Å². The molecule has 0 bridgehead atoms. The van der Waals surface area contributed by atoms with E-state index in [-0.39, 0.29) is 0 Å². The minimum Gasteiger partial charge on any atom is -0.252 e. The van der Waals surface area contributed by atoms with Crippen molar-refractivity contribution in [2.24, 2.45) is 5.10 Å². The van der Waals surface area contributed by atoms with E-state index in [2.05, 4.69) is 53.6 Å². The Morgan fingerprint density at radius 1 is 1.17 bits per heavy atom. The zero-order valence-corrected chi connectivity index (χ0v) is 11.9. The fourth-order valence-corrected chi connectivity index (χ4v) is 2.27. The number of anilines is 1. The van der Waals surface area contributed by atoms with Crippen LogP contribution < -0.4 is 5.43 Å². The third kappa shape index (κ3) is 2.96. The van der Waals surface area contributed by atoms with Gasteiger partial charge in [-0.15, -0.1) is 11.3 Å². The van der Waals surface area contributed by atoms with Gasteiger partial charge >= 0.3 is 0 Å². The van der Waals surface area contributed by atoms with Crippen LogP contribution >= 0.6 is 11.3 Å². The van der Waals surface area contributed by atoms with Gasteiger partial charge in [-0.2, -0.15) is 5.10 Å². The zero-order valence-electron chi connectivity index (χ0n) is 11.1. The number of thiazole rings is 1. The molecule has 0 unspecified atom stereocenters. The van der Waals surface area contributed by atoms with Gasteiger partial charge in [0.15, 0.2) is 0 Å². The number of benzene rings is 1. The predicted molar refractivity (Wildman–Crippen MR) is 78.6 cm³/mol. The van der Waals surface area contributed by atoms with Gasteiger partial charge in [0.05, 0.1) is 11.4 Å². The number of rotatable bonds is 3. The minimum atomic E-state index is 0.844. The highest BCUT2D eigenvalue weighted by Crippen LogP contribution is 2.21. The van der Waals surface area contributed by atoms with E-state index < -0.39 is 0 Å². The lowest BCUT2D eigenvalue weighted by Gasteiger charge is -2.01. The number of aromatic nitrogens is 1. The predicted octanol–water partition coefficient (Wildman–Crippen LogP) is 3.90. The molecule has 2 rings (SSSR count). The van der Waals surface area contributed by atoms with Crippen LogP contribution in [0.4, 0.5) is 5.13 Å². The van der Waals surface area contributed by atoms with Gasteiger partial charge in [-0.05, 0) is 33.3 Å². The average Bonchev–Trinajstić information content (AvgIpc) is 2.67. The molecule has 18 heavy (non-hydrogen) atoms. The van der Waals surface area contributed by atoms with E-state index in [0.29, 0.717) is 0 Å². The average molecular weight is 259 g/mol. The van der Waals surface area contributed by atoms with Gasteiger partial charge in [0.2, 0.25) is 5.13 Å². The summed E-state index contributed by atoms with van der Waals surface area (Å²) in [6.07, 6.45) is 0. The van der Waals surface area contributed by atoms with Gasteiger partial charge in [-0.25, -0.2) is 4.98 Å². The zero-order chi connectivity index (χ0) is 13.1. The summed E-state index contributed by atoms with van der Waals surface area (Å²) >= 11 is 1.62. The van der Waals surface area contributed by atoms with Gasteiger partial charge in [0.1, 0.15) is 0 Å². The van der Waals surface area contributed by atoms with E-state index in [1.54, 1.807) is 11.3 Å². The Morgan fingerprint density at radius 2 is 1.83 bits per heavy atom. The molecule has 1 N–H and O–H groups in total. The molecular formula is C14H17N3S. The molecule has 0 radical (unpaired) electrons. The van der Waals surface area contributed by atoms with Crippen molar-refractivity contribution in [3.63, 3.8) is 0 Å². The minimum absolute atomic E-state index is 0.844. The lowest BCUT2D eigenvalue weighted by molar-refractivity contribution is 1.19. The van der Waals surface area contributed by atoms with Gasteiger partial charge < -0.3 is 0 Å². The second kappa shape index (κ2) is 5.31. The van der Waals surface area contributed by atoms with Crippen LogP contribution in [0.3, 0.4) is 0 Å². The van der Waals surface area contributed by atoms with E-state index >= 15 is 0 Å². The Bertz CT molecular complexity index is 548. The molecule has 4 heteroatoms. The van der Waals surface area contributed by atoms with Gasteiger partial charge in [-0.1, -0.05) is 29.8 Å². The van der Waals surface area contributed by atoms with Crippen LogP contribution in [0.25, 0.3) is 0 Å². The van der Waals surface area contributed by atoms with Crippen LogP contribution in [-0.4, -0.2) is 10.7 Å². The Morgan fingerprint density at radius 3 is 2.39 bits per heavy atom. The first-order valence-electron chi connectivity index (χ1n) is 5.87. The first-order valence-corrected chi connectivity index (χ1v) is 6.69. The smallest absolute Gasteiger partial charge is 0.203 e. The topological polar surface area (TPSA) is 37.3 Å². The SMILES string of the molecule is C/C(=N\Nc1nc(C)c(C)s1)c1ccc(C)cc1. The summed E-state index contributed by atoms with van der Waals surface area (Å²) in [5, 5.41) is 5.21. The number of nitrogens with zero attached hydrogens (tertiary/aromatic N) is 2. The molecule has 0 fully saturated rings. The van der Waals surface area contributed by atoms with Crippen molar-refractivity contribution in [1.82, 2.24) is 4.98 Å². The number of hydrogen-bond acceptors (Lipinski definition) is 4. The van der Waals surface area contributed by atoms with Crippen LogP contribution in [0, 0.1) is 20.8 Å². The highest BCUT2D eigenvalue weighted by atomic mass is 32.1. The Labute approximate surface area is 112 Å². The largest absolute Gasteiger partial charge is 0.252 e. The summed E-state index contributed by atoms with van der Waals surface area (Å²) in [7, 11) is 0. The highest BCUT2D eigenvalue weighted by Gasteiger charge is 2.02. The van der Waals surface area contributed by atoms with Crippen molar-refractivity contribution in [3.8, 4) is 0 Å². The summed E-state index contributed by atoms with van der Waals surface area (Å²) in [5.41, 5.74) is 7.41. The van der Waals surface area contributed by atoms with Crippen molar-refractivity contribution in [1.29, 1.82) is 0 Å². The summed E-state index contributed by atoms with van der Waals surface area (Å²) in [6.45, 7) is 8.14.